The van der Waals surface area contributed by atoms with Crippen LogP contribution in [0, 0.1) is 0 Å². The van der Waals surface area contributed by atoms with Gasteiger partial charge in [-0.05, 0) is 24.1 Å². The van der Waals surface area contributed by atoms with Crippen molar-refractivity contribution in [3.05, 3.63) is 53.4 Å². The highest BCUT2D eigenvalue weighted by atomic mass is 35.5. The molecule has 0 atom stereocenters. The maximum atomic E-state index is 5.87. The van der Waals surface area contributed by atoms with Gasteiger partial charge in [0.25, 0.3) is 0 Å². The first-order valence-electron chi connectivity index (χ1n) is 6.55. The molecule has 2 aromatic heterocycles. The predicted molar refractivity (Wildman–Crippen MR) is 84.4 cm³/mol. The Morgan fingerprint density at radius 2 is 2.05 bits per heavy atom. The van der Waals surface area contributed by atoms with Crippen molar-refractivity contribution in [1.29, 1.82) is 0 Å². The molecule has 0 aliphatic carbocycles. The van der Waals surface area contributed by atoms with Gasteiger partial charge >= 0.3 is 0 Å². The van der Waals surface area contributed by atoms with E-state index in [9.17, 15) is 0 Å². The maximum Gasteiger partial charge on any atom is 0.180 e. The Labute approximate surface area is 126 Å². The molecule has 0 aliphatic heterocycles. The van der Waals surface area contributed by atoms with E-state index in [1.54, 1.807) is 12.4 Å². The van der Waals surface area contributed by atoms with Gasteiger partial charge in [0.15, 0.2) is 17.3 Å². The quantitative estimate of drug-likeness (QED) is 0.498. The first-order chi connectivity index (χ1) is 10.3. The SMILES string of the molecule is NNc1cn2ccnc2c(NCCc2ccc(Cl)cc2)n1. The van der Waals surface area contributed by atoms with Gasteiger partial charge < -0.3 is 15.1 Å². The molecule has 4 N–H and O–H groups in total. The van der Waals surface area contributed by atoms with Gasteiger partial charge in [0.2, 0.25) is 0 Å². The molecule has 0 unspecified atom stereocenters. The first-order valence-corrected chi connectivity index (χ1v) is 6.93. The van der Waals surface area contributed by atoms with E-state index in [-0.39, 0.29) is 0 Å². The van der Waals surface area contributed by atoms with E-state index in [1.807, 2.05) is 34.9 Å². The Morgan fingerprint density at radius 1 is 1.24 bits per heavy atom. The lowest BCUT2D eigenvalue weighted by Gasteiger charge is -2.09. The number of hydrazine groups is 1. The molecular weight excluding hydrogens is 288 g/mol. The van der Waals surface area contributed by atoms with Crippen molar-refractivity contribution in [2.24, 2.45) is 5.84 Å². The Morgan fingerprint density at radius 3 is 2.81 bits per heavy atom. The van der Waals surface area contributed by atoms with E-state index >= 15 is 0 Å². The van der Waals surface area contributed by atoms with Crippen molar-refractivity contribution in [2.45, 2.75) is 6.42 Å². The van der Waals surface area contributed by atoms with Crippen molar-refractivity contribution >= 4 is 28.9 Å². The van der Waals surface area contributed by atoms with E-state index < -0.39 is 0 Å². The van der Waals surface area contributed by atoms with E-state index in [0.29, 0.717) is 11.6 Å². The molecule has 0 aliphatic rings. The Bertz CT molecular complexity index is 737. The van der Waals surface area contributed by atoms with Crippen molar-refractivity contribution in [3.63, 3.8) is 0 Å². The van der Waals surface area contributed by atoms with Crippen molar-refractivity contribution in [3.8, 4) is 0 Å². The van der Waals surface area contributed by atoms with Gasteiger partial charge in [0, 0.05) is 24.0 Å². The number of fused-ring (bicyclic) bond motifs is 1. The van der Waals surface area contributed by atoms with Gasteiger partial charge in [-0.1, -0.05) is 23.7 Å². The Hall–Kier alpha value is -2.31. The Balaban J connectivity index is 1.72. The molecule has 0 radical (unpaired) electrons. The zero-order valence-corrected chi connectivity index (χ0v) is 12.0. The van der Waals surface area contributed by atoms with Crippen LogP contribution in [0.2, 0.25) is 5.02 Å². The number of aromatic nitrogens is 3. The molecule has 0 spiro atoms. The van der Waals surface area contributed by atoms with Crippen LogP contribution in [-0.2, 0) is 6.42 Å². The summed E-state index contributed by atoms with van der Waals surface area (Å²) in [6, 6.07) is 7.81. The number of nitrogens with one attached hydrogen (secondary N) is 2. The van der Waals surface area contributed by atoms with E-state index in [1.165, 1.54) is 5.56 Å². The summed E-state index contributed by atoms with van der Waals surface area (Å²) in [7, 11) is 0. The van der Waals surface area contributed by atoms with Crippen molar-refractivity contribution in [2.75, 3.05) is 17.3 Å². The lowest BCUT2D eigenvalue weighted by molar-refractivity contribution is 0.996. The second-order valence-electron chi connectivity index (χ2n) is 4.58. The van der Waals surface area contributed by atoms with E-state index in [4.69, 9.17) is 17.4 Å². The highest BCUT2D eigenvalue weighted by Crippen LogP contribution is 2.16. The average molecular weight is 303 g/mol. The third kappa shape index (κ3) is 3.07. The molecule has 7 heteroatoms. The molecule has 0 amide bonds. The van der Waals surface area contributed by atoms with Crippen LogP contribution in [0.25, 0.3) is 5.65 Å². The van der Waals surface area contributed by atoms with Crippen LogP contribution in [0.15, 0.2) is 42.9 Å². The molecule has 21 heavy (non-hydrogen) atoms. The number of halogens is 1. The third-order valence-electron chi connectivity index (χ3n) is 3.14. The zero-order valence-electron chi connectivity index (χ0n) is 11.3. The zero-order chi connectivity index (χ0) is 14.7. The molecule has 0 fully saturated rings. The highest BCUT2D eigenvalue weighted by molar-refractivity contribution is 6.30. The fraction of sp³-hybridized carbons (Fsp3) is 0.143. The van der Waals surface area contributed by atoms with Crippen LogP contribution >= 0.6 is 11.6 Å². The summed E-state index contributed by atoms with van der Waals surface area (Å²) in [5.74, 6) is 6.70. The van der Waals surface area contributed by atoms with Gasteiger partial charge in [-0.25, -0.2) is 15.8 Å². The molecule has 108 valence electrons. The van der Waals surface area contributed by atoms with Gasteiger partial charge in [0.1, 0.15) is 0 Å². The second-order valence-corrected chi connectivity index (χ2v) is 5.02. The van der Waals surface area contributed by atoms with E-state index in [2.05, 4.69) is 20.7 Å². The summed E-state index contributed by atoms with van der Waals surface area (Å²) in [6.45, 7) is 0.741. The van der Waals surface area contributed by atoms with Crippen LogP contribution in [0.3, 0.4) is 0 Å². The third-order valence-corrected chi connectivity index (χ3v) is 3.39. The molecular formula is C14H15ClN6. The maximum absolute atomic E-state index is 5.87. The van der Waals surface area contributed by atoms with Crippen molar-refractivity contribution < 1.29 is 0 Å². The summed E-state index contributed by atoms with van der Waals surface area (Å²) < 4.78 is 1.87. The second kappa shape index (κ2) is 5.99. The topological polar surface area (TPSA) is 80.3 Å². The highest BCUT2D eigenvalue weighted by Gasteiger charge is 2.06. The number of nitrogens with zero attached hydrogens (tertiary/aromatic N) is 3. The lowest BCUT2D eigenvalue weighted by Crippen LogP contribution is -2.13. The number of anilines is 2. The van der Waals surface area contributed by atoms with E-state index in [0.717, 1.165) is 23.6 Å². The minimum atomic E-state index is 0.578. The smallest absolute Gasteiger partial charge is 0.180 e. The number of nitrogen functional groups attached to an aromatic ring is 1. The van der Waals surface area contributed by atoms with Gasteiger partial charge in [0.05, 0.1) is 6.20 Å². The molecule has 6 nitrogen and oxygen atoms in total. The molecule has 2 heterocycles. The summed E-state index contributed by atoms with van der Waals surface area (Å²) in [6.07, 6.45) is 6.22. The first kappa shape index (κ1) is 13.7. The monoisotopic (exact) mass is 302 g/mol. The fourth-order valence-electron chi connectivity index (χ4n) is 2.10. The minimum Gasteiger partial charge on any atom is -0.367 e. The summed E-state index contributed by atoms with van der Waals surface area (Å²) >= 11 is 5.87. The number of nitrogens with two attached hydrogens (primary N) is 1. The van der Waals surface area contributed by atoms with Crippen LogP contribution in [0.1, 0.15) is 5.56 Å². The normalized spacial score (nSPS) is 10.8. The van der Waals surface area contributed by atoms with Crippen LogP contribution in [0.5, 0.6) is 0 Å². The molecule has 3 aromatic rings. The van der Waals surface area contributed by atoms with Gasteiger partial charge in [-0.3, -0.25) is 0 Å². The number of imidazole rings is 1. The van der Waals surface area contributed by atoms with Crippen LogP contribution in [-0.4, -0.2) is 20.9 Å². The number of hydrogen-bond donors (Lipinski definition) is 3. The van der Waals surface area contributed by atoms with Crippen molar-refractivity contribution in [1.82, 2.24) is 14.4 Å². The van der Waals surface area contributed by atoms with Crippen LogP contribution < -0.4 is 16.6 Å². The standard InChI is InChI=1S/C14H15ClN6/c15-11-3-1-10(2-4-11)5-6-17-13-14-18-7-8-21(14)9-12(19-13)20-16/h1-4,7-9,20H,5-6,16H2,(H,17,19). The molecule has 0 saturated heterocycles. The molecule has 0 bridgehead atoms. The fourth-order valence-corrected chi connectivity index (χ4v) is 2.22. The molecule has 3 rings (SSSR count). The largest absolute Gasteiger partial charge is 0.367 e. The number of benzene rings is 1. The van der Waals surface area contributed by atoms with Gasteiger partial charge in [-0.2, -0.15) is 0 Å². The lowest BCUT2D eigenvalue weighted by atomic mass is 10.1. The van der Waals surface area contributed by atoms with Crippen LogP contribution in [0.4, 0.5) is 11.6 Å². The summed E-state index contributed by atoms with van der Waals surface area (Å²) in [4.78, 5) is 8.67. The van der Waals surface area contributed by atoms with Gasteiger partial charge in [-0.15, -0.1) is 0 Å². The number of rotatable bonds is 5. The number of hydrogen-bond acceptors (Lipinski definition) is 5. The average Bonchev–Trinajstić information content (AvgIpc) is 2.97. The summed E-state index contributed by atoms with van der Waals surface area (Å²) in [5.41, 5.74) is 4.53. The minimum absolute atomic E-state index is 0.578. The Kier molecular flexibility index (Phi) is 3.89. The predicted octanol–water partition coefficient (Wildman–Crippen LogP) is 2.32. The molecule has 1 aromatic carbocycles. The summed E-state index contributed by atoms with van der Waals surface area (Å²) in [5, 5.41) is 4.03. The molecule has 0 saturated carbocycles.